The summed E-state index contributed by atoms with van der Waals surface area (Å²) in [5, 5.41) is 10.5. The second-order valence-corrected chi connectivity index (χ2v) is 2.61. The van der Waals surface area contributed by atoms with Gasteiger partial charge in [0.1, 0.15) is 0 Å². The summed E-state index contributed by atoms with van der Waals surface area (Å²) >= 11 is 5.31. The fourth-order valence-corrected chi connectivity index (χ4v) is 0.744. The lowest BCUT2D eigenvalue weighted by Gasteiger charge is -2.13. The lowest BCUT2D eigenvalue weighted by atomic mass is 10.5. The Balaban J connectivity index is 3.31. The van der Waals surface area contributed by atoms with Crippen molar-refractivity contribution in [2.75, 3.05) is 26.7 Å². The van der Waals surface area contributed by atoms with Gasteiger partial charge in [0.05, 0.1) is 0 Å². The Morgan fingerprint density at radius 3 is 2.92 bits per heavy atom. The van der Waals surface area contributed by atoms with Crippen LogP contribution in [-0.2, 0) is 0 Å². The molecule has 0 unspecified atom stereocenters. The van der Waals surface area contributed by atoms with E-state index in [1.165, 1.54) is 5.54 Å². The van der Waals surface area contributed by atoms with Crippen LogP contribution in [0.1, 0.15) is 0 Å². The van der Waals surface area contributed by atoms with Crippen LogP contribution in [0.15, 0.2) is 11.6 Å². The van der Waals surface area contributed by atoms with Crippen molar-refractivity contribution in [3.8, 4) is 0 Å². The van der Waals surface area contributed by atoms with Gasteiger partial charge in [0.15, 0.2) is 0 Å². The number of halogens is 1. The molecule has 0 radical (unpaired) electrons. The maximum atomic E-state index is 10.0. The Kier molecular flexibility index (Phi) is 6.51. The average molecular weight is 193 g/mol. The van der Waals surface area contributed by atoms with E-state index in [2.05, 4.69) is 5.32 Å². The number of amides is 1. The van der Waals surface area contributed by atoms with Gasteiger partial charge in [-0.1, -0.05) is 17.7 Å². The first-order valence-electron chi connectivity index (χ1n) is 3.57. The number of rotatable bonds is 5. The van der Waals surface area contributed by atoms with Crippen molar-refractivity contribution in [3.63, 3.8) is 0 Å². The van der Waals surface area contributed by atoms with Crippen molar-refractivity contribution in [3.05, 3.63) is 11.6 Å². The number of hydrogen-bond donors (Lipinski definition) is 2. The quantitative estimate of drug-likeness (QED) is 0.682. The summed E-state index contributed by atoms with van der Waals surface area (Å²) in [4.78, 5) is 12.0. The molecule has 0 aliphatic heterocycles. The Hall–Kier alpha value is -0.740. The standard InChI is InChI=1S/C7H13ClN2O2/c1-10(5-2-3-8)6-4-9-7(11)12/h2-3,9H,4-6H2,1H3,(H,11,12)/b3-2+. The molecule has 0 aliphatic carbocycles. The number of nitrogens with one attached hydrogen (secondary N) is 1. The van der Waals surface area contributed by atoms with Gasteiger partial charge in [0, 0.05) is 25.2 Å². The van der Waals surface area contributed by atoms with Gasteiger partial charge < -0.3 is 15.3 Å². The van der Waals surface area contributed by atoms with Crippen LogP contribution in [0.4, 0.5) is 4.79 Å². The van der Waals surface area contributed by atoms with Crippen LogP contribution in [0.5, 0.6) is 0 Å². The van der Waals surface area contributed by atoms with E-state index in [1.807, 2.05) is 11.9 Å². The zero-order valence-electron chi connectivity index (χ0n) is 6.96. The lowest BCUT2D eigenvalue weighted by molar-refractivity contribution is 0.193. The first kappa shape index (κ1) is 11.3. The number of hydrogen-bond acceptors (Lipinski definition) is 2. The molecule has 0 spiro atoms. The summed E-state index contributed by atoms with van der Waals surface area (Å²) < 4.78 is 0. The van der Waals surface area contributed by atoms with Gasteiger partial charge in [-0.3, -0.25) is 0 Å². The fraction of sp³-hybridized carbons (Fsp3) is 0.571. The summed E-state index contributed by atoms with van der Waals surface area (Å²) in [5.41, 5.74) is 1.45. The van der Waals surface area contributed by atoms with Crippen molar-refractivity contribution in [2.45, 2.75) is 0 Å². The molecule has 2 N–H and O–H groups in total. The minimum atomic E-state index is -0.990. The second kappa shape index (κ2) is 6.94. The fourth-order valence-electron chi connectivity index (χ4n) is 0.665. The number of likely N-dealkylation sites (N-methyl/N-ethyl adjacent to an activating group) is 1. The molecule has 70 valence electrons. The normalized spacial score (nSPS) is 10.9. The van der Waals surface area contributed by atoms with E-state index in [-0.39, 0.29) is 0 Å². The summed E-state index contributed by atoms with van der Waals surface area (Å²) in [7, 11) is 1.89. The average Bonchev–Trinajstić information content (AvgIpc) is 2.00. The SMILES string of the molecule is CN(C/C=C/Cl)CCNC(=O)O. The zero-order valence-corrected chi connectivity index (χ0v) is 7.71. The molecule has 0 rings (SSSR count). The van der Waals surface area contributed by atoms with Crippen LogP contribution in [-0.4, -0.2) is 42.8 Å². The first-order valence-corrected chi connectivity index (χ1v) is 4.01. The van der Waals surface area contributed by atoms with Crippen molar-refractivity contribution in [1.29, 1.82) is 0 Å². The minimum absolute atomic E-state index is 0.432. The molecule has 1 amide bonds. The predicted octanol–water partition coefficient (Wildman–Crippen LogP) is 0.938. The molecule has 0 bridgehead atoms. The van der Waals surface area contributed by atoms with Crippen molar-refractivity contribution < 1.29 is 9.90 Å². The third kappa shape index (κ3) is 7.37. The lowest BCUT2D eigenvalue weighted by Crippen LogP contribution is -2.32. The first-order chi connectivity index (χ1) is 5.66. The molecular weight excluding hydrogens is 180 g/mol. The highest BCUT2D eigenvalue weighted by Gasteiger charge is 1.96. The van der Waals surface area contributed by atoms with E-state index in [4.69, 9.17) is 16.7 Å². The maximum absolute atomic E-state index is 10.0. The van der Waals surface area contributed by atoms with Crippen molar-refractivity contribution in [1.82, 2.24) is 10.2 Å². The van der Waals surface area contributed by atoms with Crippen LogP contribution < -0.4 is 5.32 Å². The minimum Gasteiger partial charge on any atom is -0.465 e. The Morgan fingerprint density at radius 2 is 2.42 bits per heavy atom. The van der Waals surface area contributed by atoms with E-state index >= 15 is 0 Å². The monoisotopic (exact) mass is 192 g/mol. The molecule has 0 aromatic rings. The largest absolute Gasteiger partial charge is 0.465 e. The zero-order chi connectivity index (χ0) is 9.40. The van der Waals surface area contributed by atoms with E-state index in [0.29, 0.717) is 13.1 Å². The molecule has 12 heavy (non-hydrogen) atoms. The van der Waals surface area contributed by atoms with Crippen LogP contribution >= 0.6 is 11.6 Å². The molecular formula is C7H13ClN2O2. The van der Waals surface area contributed by atoms with Gasteiger partial charge >= 0.3 is 6.09 Å². The van der Waals surface area contributed by atoms with Gasteiger partial charge in [-0.2, -0.15) is 0 Å². The van der Waals surface area contributed by atoms with Gasteiger partial charge in [0.25, 0.3) is 0 Å². The summed E-state index contributed by atoms with van der Waals surface area (Å²) in [5.74, 6) is 0. The molecule has 0 aromatic carbocycles. The third-order valence-electron chi connectivity index (χ3n) is 1.28. The van der Waals surface area contributed by atoms with E-state index in [9.17, 15) is 4.79 Å². The van der Waals surface area contributed by atoms with Crippen LogP contribution in [0.3, 0.4) is 0 Å². The maximum Gasteiger partial charge on any atom is 0.404 e. The van der Waals surface area contributed by atoms with Crippen LogP contribution in [0.25, 0.3) is 0 Å². The topological polar surface area (TPSA) is 52.6 Å². The van der Waals surface area contributed by atoms with E-state index in [1.54, 1.807) is 6.08 Å². The highest BCUT2D eigenvalue weighted by Crippen LogP contribution is 1.84. The number of carboxylic acid groups (broad SMARTS) is 1. The molecule has 0 saturated heterocycles. The smallest absolute Gasteiger partial charge is 0.404 e. The molecule has 0 aliphatic rings. The number of nitrogens with zero attached hydrogens (tertiary/aromatic N) is 1. The summed E-state index contributed by atoms with van der Waals surface area (Å²) in [6, 6.07) is 0. The highest BCUT2D eigenvalue weighted by atomic mass is 35.5. The highest BCUT2D eigenvalue weighted by molar-refractivity contribution is 6.25. The van der Waals surface area contributed by atoms with Crippen LogP contribution in [0.2, 0.25) is 0 Å². The van der Waals surface area contributed by atoms with Crippen molar-refractivity contribution >= 4 is 17.7 Å². The molecule has 0 saturated carbocycles. The molecule has 0 aromatic heterocycles. The van der Waals surface area contributed by atoms with Gasteiger partial charge in [-0.25, -0.2) is 4.79 Å². The van der Waals surface area contributed by atoms with E-state index in [0.717, 1.165) is 6.54 Å². The van der Waals surface area contributed by atoms with Gasteiger partial charge in [-0.15, -0.1) is 0 Å². The van der Waals surface area contributed by atoms with Gasteiger partial charge in [0.2, 0.25) is 0 Å². The second-order valence-electron chi connectivity index (χ2n) is 2.36. The predicted molar refractivity (Wildman–Crippen MR) is 48.5 cm³/mol. The van der Waals surface area contributed by atoms with Gasteiger partial charge in [-0.05, 0) is 7.05 Å². The summed E-state index contributed by atoms with van der Waals surface area (Å²) in [6.07, 6.45) is 0.804. The molecule has 5 heteroatoms. The molecule has 0 atom stereocenters. The van der Waals surface area contributed by atoms with Crippen molar-refractivity contribution in [2.24, 2.45) is 0 Å². The van der Waals surface area contributed by atoms with Crippen LogP contribution in [0, 0.1) is 0 Å². The molecule has 0 fully saturated rings. The number of carbonyl (C=O) groups is 1. The summed E-state index contributed by atoms with van der Waals surface area (Å²) in [6.45, 7) is 1.83. The molecule has 0 heterocycles. The Morgan fingerprint density at radius 1 is 1.75 bits per heavy atom. The Bertz CT molecular complexity index is 161. The molecule has 4 nitrogen and oxygen atoms in total. The third-order valence-corrected chi connectivity index (χ3v) is 1.45. The van der Waals surface area contributed by atoms with E-state index < -0.39 is 6.09 Å². The Labute approximate surface area is 76.8 Å².